The summed E-state index contributed by atoms with van der Waals surface area (Å²) in [6.07, 6.45) is 18.6. The fourth-order valence-corrected chi connectivity index (χ4v) is 6.02. The number of Topliss-reactive ketones (excluding diaryl/α,β-unsaturated/α-hetero) is 1. The normalized spacial score (nSPS) is 24.2. The molecule has 0 heterocycles. The Labute approximate surface area is 207 Å². The smallest absolute Gasteiger partial charge is 0.311 e. The summed E-state index contributed by atoms with van der Waals surface area (Å²) < 4.78 is 5.52. The van der Waals surface area contributed by atoms with Gasteiger partial charge >= 0.3 is 5.97 Å². The zero-order valence-electron chi connectivity index (χ0n) is 22.1. The highest BCUT2D eigenvalue weighted by Gasteiger charge is 2.63. The van der Waals surface area contributed by atoms with Crippen LogP contribution in [0.2, 0.25) is 0 Å². The molecule has 0 aliphatic heterocycles. The largest absolute Gasteiger partial charge is 0.427 e. The van der Waals surface area contributed by atoms with Crippen molar-refractivity contribution in [3.05, 3.63) is 35.4 Å². The molecule has 2 fully saturated rings. The third-order valence-electron chi connectivity index (χ3n) is 8.78. The number of ether oxygens (including phenoxy) is 1. The highest BCUT2D eigenvalue weighted by atomic mass is 16.5. The van der Waals surface area contributed by atoms with Crippen LogP contribution in [-0.4, -0.2) is 11.8 Å². The molecule has 0 aromatic heterocycles. The summed E-state index contributed by atoms with van der Waals surface area (Å²) >= 11 is 0. The molecule has 1 aromatic carbocycles. The van der Waals surface area contributed by atoms with Crippen LogP contribution in [0.25, 0.3) is 6.08 Å². The van der Waals surface area contributed by atoms with E-state index in [1.165, 1.54) is 57.8 Å². The lowest BCUT2D eigenvalue weighted by atomic mass is 9.70. The molecule has 34 heavy (non-hydrogen) atoms. The number of benzene rings is 1. The van der Waals surface area contributed by atoms with Crippen molar-refractivity contribution in [3.8, 4) is 5.75 Å². The van der Waals surface area contributed by atoms with Crippen LogP contribution in [0.5, 0.6) is 5.75 Å². The van der Waals surface area contributed by atoms with Crippen molar-refractivity contribution in [1.82, 2.24) is 0 Å². The molecule has 188 valence electrons. The topological polar surface area (TPSA) is 43.4 Å². The second-order valence-corrected chi connectivity index (χ2v) is 11.4. The van der Waals surface area contributed by atoms with Crippen molar-refractivity contribution in [3.63, 3.8) is 0 Å². The van der Waals surface area contributed by atoms with Gasteiger partial charge in [0.15, 0.2) is 5.78 Å². The molecule has 0 amide bonds. The lowest BCUT2D eigenvalue weighted by molar-refractivity contribution is -0.134. The number of carbonyl (C=O) groups excluding carboxylic acids is 2. The first-order chi connectivity index (χ1) is 16.3. The standard InChI is InChI=1S/C31H46O3/c1-5-6-7-8-9-10-11-12-13-14-15-16-28(32)34-25-19-17-24(18-20-25)23-26-27-21-22-31(4,29(26)33)30(27,2)3/h17-20,23,27H,5-16,21-22H2,1-4H3. The van der Waals surface area contributed by atoms with Gasteiger partial charge in [-0.15, -0.1) is 0 Å². The van der Waals surface area contributed by atoms with Gasteiger partial charge in [0.2, 0.25) is 0 Å². The lowest BCUT2D eigenvalue weighted by Crippen LogP contribution is -2.32. The van der Waals surface area contributed by atoms with Crippen LogP contribution >= 0.6 is 0 Å². The van der Waals surface area contributed by atoms with E-state index in [-0.39, 0.29) is 16.8 Å². The second kappa shape index (κ2) is 12.2. The van der Waals surface area contributed by atoms with E-state index >= 15 is 0 Å². The van der Waals surface area contributed by atoms with Crippen LogP contribution in [0.1, 0.15) is 123 Å². The maximum atomic E-state index is 13.0. The molecular weight excluding hydrogens is 420 g/mol. The Morgan fingerprint density at radius 2 is 1.47 bits per heavy atom. The van der Waals surface area contributed by atoms with Crippen molar-refractivity contribution < 1.29 is 14.3 Å². The highest BCUT2D eigenvalue weighted by Crippen LogP contribution is 2.65. The summed E-state index contributed by atoms with van der Waals surface area (Å²) in [7, 11) is 0. The number of unbranched alkanes of at least 4 members (excludes halogenated alkanes) is 10. The average Bonchev–Trinajstić information content (AvgIpc) is 3.12. The monoisotopic (exact) mass is 466 g/mol. The number of hydrogen-bond donors (Lipinski definition) is 0. The van der Waals surface area contributed by atoms with Crippen LogP contribution in [0.3, 0.4) is 0 Å². The van der Waals surface area contributed by atoms with Gasteiger partial charge in [-0.25, -0.2) is 0 Å². The maximum absolute atomic E-state index is 13.0. The summed E-state index contributed by atoms with van der Waals surface area (Å²) in [5, 5.41) is 0. The van der Waals surface area contributed by atoms with E-state index in [2.05, 4.69) is 33.8 Å². The second-order valence-electron chi connectivity index (χ2n) is 11.4. The molecule has 2 aliphatic carbocycles. The molecule has 3 rings (SSSR count). The Kier molecular flexibility index (Phi) is 9.56. The predicted molar refractivity (Wildman–Crippen MR) is 141 cm³/mol. The van der Waals surface area contributed by atoms with Crippen molar-refractivity contribution in [2.45, 2.75) is 118 Å². The highest BCUT2D eigenvalue weighted by molar-refractivity contribution is 6.07. The van der Waals surface area contributed by atoms with Gasteiger partial charge in [-0.1, -0.05) is 104 Å². The molecule has 3 nitrogen and oxygen atoms in total. The molecular formula is C31H46O3. The molecule has 2 bridgehead atoms. The Balaban J connectivity index is 1.34. The summed E-state index contributed by atoms with van der Waals surface area (Å²) in [6.45, 7) is 8.87. The Hall–Kier alpha value is -1.90. The van der Waals surface area contributed by atoms with Crippen LogP contribution in [0, 0.1) is 16.7 Å². The molecule has 3 heteroatoms. The zero-order chi connectivity index (χ0) is 24.6. The van der Waals surface area contributed by atoms with Gasteiger partial charge in [0.05, 0.1) is 0 Å². The summed E-state index contributed by atoms with van der Waals surface area (Å²) in [6, 6.07) is 7.59. The lowest BCUT2D eigenvalue weighted by Gasteiger charge is -2.31. The predicted octanol–water partition coefficient (Wildman–Crippen LogP) is 8.70. The third-order valence-corrected chi connectivity index (χ3v) is 8.78. The first-order valence-corrected chi connectivity index (χ1v) is 13.9. The Morgan fingerprint density at radius 1 is 0.912 bits per heavy atom. The van der Waals surface area contributed by atoms with Crippen LogP contribution in [0.4, 0.5) is 0 Å². The van der Waals surface area contributed by atoms with E-state index in [0.29, 0.717) is 23.9 Å². The minimum absolute atomic E-state index is 0.0274. The van der Waals surface area contributed by atoms with Gasteiger partial charge < -0.3 is 4.74 Å². The Morgan fingerprint density at radius 3 is 2.00 bits per heavy atom. The van der Waals surface area contributed by atoms with E-state index in [4.69, 9.17) is 4.74 Å². The van der Waals surface area contributed by atoms with Crippen molar-refractivity contribution in [1.29, 1.82) is 0 Å². The average molecular weight is 467 g/mol. The number of fused-ring (bicyclic) bond motifs is 2. The van der Waals surface area contributed by atoms with Gasteiger partial charge in [-0.2, -0.15) is 0 Å². The van der Waals surface area contributed by atoms with Crippen molar-refractivity contribution in [2.75, 3.05) is 0 Å². The minimum Gasteiger partial charge on any atom is -0.427 e. The molecule has 1 aromatic rings. The molecule has 0 radical (unpaired) electrons. The number of rotatable bonds is 14. The summed E-state index contributed by atoms with van der Waals surface area (Å²) in [5.41, 5.74) is 1.77. The number of hydrogen-bond acceptors (Lipinski definition) is 3. The number of esters is 1. The molecule has 2 atom stereocenters. The summed E-state index contributed by atoms with van der Waals surface area (Å²) in [4.78, 5) is 25.2. The van der Waals surface area contributed by atoms with Gasteiger partial charge in [-0.05, 0) is 59.9 Å². The first-order valence-electron chi connectivity index (χ1n) is 13.9. The van der Waals surface area contributed by atoms with Crippen LogP contribution in [-0.2, 0) is 9.59 Å². The quantitative estimate of drug-likeness (QED) is 0.119. The Bertz CT molecular complexity index is 848. The molecule has 0 N–H and O–H groups in total. The minimum atomic E-state index is -0.229. The van der Waals surface area contributed by atoms with Gasteiger partial charge in [0, 0.05) is 11.8 Å². The van der Waals surface area contributed by atoms with Gasteiger partial charge in [0.1, 0.15) is 5.75 Å². The number of carbonyl (C=O) groups is 2. The van der Waals surface area contributed by atoms with Crippen molar-refractivity contribution in [2.24, 2.45) is 16.7 Å². The van der Waals surface area contributed by atoms with E-state index in [1.54, 1.807) is 0 Å². The number of allylic oxidation sites excluding steroid dienone is 1. The molecule has 2 saturated carbocycles. The van der Waals surface area contributed by atoms with E-state index in [9.17, 15) is 9.59 Å². The van der Waals surface area contributed by atoms with Crippen LogP contribution in [0.15, 0.2) is 29.8 Å². The number of ketones is 1. The van der Waals surface area contributed by atoms with Crippen LogP contribution < -0.4 is 4.74 Å². The van der Waals surface area contributed by atoms with Gasteiger partial charge in [0.25, 0.3) is 0 Å². The molecule has 0 spiro atoms. The van der Waals surface area contributed by atoms with E-state index in [0.717, 1.165) is 36.8 Å². The molecule has 2 unspecified atom stereocenters. The van der Waals surface area contributed by atoms with Crippen molar-refractivity contribution >= 4 is 17.8 Å². The SMILES string of the molecule is CCCCCCCCCCCCCC(=O)Oc1ccc(C=C2C(=O)C3(C)CCC2C3(C)C)cc1. The fourth-order valence-electron chi connectivity index (χ4n) is 6.02. The molecule has 2 aliphatic rings. The summed E-state index contributed by atoms with van der Waals surface area (Å²) in [5.74, 6) is 1.09. The fraction of sp³-hybridized carbons (Fsp3) is 0.677. The third kappa shape index (κ3) is 6.20. The first kappa shape index (κ1) is 26.7. The van der Waals surface area contributed by atoms with Gasteiger partial charge in [-0.3, -0.25) is 9.59 Å². The van der Waals surface area contributed by atoms with E-state index in [1.807, 2.05) is 24.3 Å². The van der Waals surface area contributed by atoms with E-state index < -0.39 is 0 Å². The maximum Gasteiger partial charge on any atom is 0.311 e. The zero-order valence-corrected chi connectivity index (χ0v) is 22.1. The molecule has 0 saturated heterocycles.